The SMILES string of the molecule is CC[C@H](CC#N)S(=O)(=O)c1ccc(C)cc1. The minimum atomic E-state index is -3.35. The molecule has 16 heavy (non-hydrogen) atoms. The lowest BCUT2D eigenvalue weighted by Crippen LogP contribution is -2.20. The first-order valence-corrected chi connectivity index (χ1v) is 6.74. The Balaban J connectivity index is 3.10. The van der Waals surface area contributed by atoms with Gasteiger partial charge >= 0.3 is 0 Å². The van der Waals surface area contributed by atoms with Gasteiger partial charge in [-0.2, -0.15) is 5.26 Å². The molecular formula is C12H15NO2S. The van der Waals surface area contributed by atoms with Crippen LogP contribution in [0.15, 0.2) is 29.2 Å². The molecule has 0 aliphatic rings. The second-order valence-electron chi connectivity index (χ2n) is 3.75. The van der Waals surface area contributed by atoms with Crippen molar-refractivity contribution in [1.82, 2.24) is 0 Å². The number of nitriles is 1. The highest BCUT2D eigenvalue weighted by Gasteiger charge is 2.25. The molecule has 0 bridgehead atoms. The van der Waals surface area contributed by atoms with Crippen molar-refractivity contribution in [2.45, 2.75) is 36.8 Å². The zero-order valence-electron chi connectivity index (χ0n) is 9.47. The van der Waals surface area contributed by atoms with E-state index in [2.05, 4.69) is 0 Å². The standard InChI is InChI=1S/C12H15NO2S/c1-3-11(8-9-13)16(14,15)12-6-4-10(2)5-7-12/h4-7,11H,3,8H2,1-2H3/t11-/m1/s1. The summed E-state index contributed by atoms with van der Waals surface area (Å²) >= 11 is 0. The molecule has 3 nitrogen and oxygen atoms in total. The third-order valence-electron chi connectivity index (χ3n) is 2.56. The number of rotatable bonds is 4. The maximum Gasteiger partial charge on any atom is 0.182 e. The number of hydrogen-bond donors (Lipinski definition) is 0. The fourth-order valence-corrected chi connectivity index (χ4v) is 3.13. The van der Waals surface area contributed by atoms with Gasteiger partial charge in [0.15, 0.2) is 9.84 Å². The summed E-state index contributed by atoms with van der Waals surface area (Å²) in [6.07, 6.45) is 0.510. The molecule has 1 rings (SSSR count). The van der Waals surface area contributed by atoms with Crippen LogP contribution < -0.4 is 0 Å². The lowest BCUT2D eigenvalue weighted by atomic mass is 10.2. The van der Waals surface area contributed by atoms with Crippen LogP contribution in [0.3, 0.4) is 0 Å². The van der Waals surface area contributed by atoms with Crippen molar-refractivity contribution in [3.63, 3.8) is 0 Å². The van der Waals surface area contributed by atoms with Gasteiger partial charge in [-0.3, -0.25) is 0 Å². The topological polar surface area (TPSA) is 57.9 Å². The van der Waals surface area contributed by atoms with E-state index < -0.39 is 15.1 Å². The van der Waals surface area contributed by atoms with Crippen molar-refractivity contribution in [2.24, 2.45) is 0 Å². The minimum absolute atomic E-state index is 0.0483. The van der Waals surface area contributed by atoms with Crippen molar-refractivity contribution >= 4 is 9.84 Å². The molecule has 86 valence electrons. The van der Waals surface area contributed by atoms with Gasteiger partial charge < -0.3 is 0 Å². The fourth-order valence-electron chi connectivity index (χ4n) is 1.50. The summed E-state index contributed by atoms with van der Waals surface area (Å²) in [7, 11) is -3.35. The molecule has 1 atom stereocenters. The zero-order chi connectivity index (χ0) is 12.2. The van der Waals surface area contributed by atoms with Gasteiger partial charge in [0.2, 0.25) is 0 Å². The maximum absolute atomic E-state index is 12.1. The second kappa shape index (κ2) is 5.13. The van der Waals surface area contributed by atoms with Crippen LogP contribution in [-0.4, -0.2) is 13.7 Å². The molecule has 0 aliphatic heterocycles. The Morgan fingerprint density at radius 2 is 1.88 bits per heavy atom. The molecule has 0 heterocycles. The second-order valence-corrected chi connectivity index (χ2v) is 5.98. The molecule has 4 heteroatoms. The molecule has 1 aromatic rings. The van der Waals surface area contributed by atoms with Gasteiger partial charge in [-0.25, -0.2) is 8.42 Å². The highest BCUT2D eigenvalue weighted by molar-refractivity contribution is 7.92. The van der Waals surface area contributed by atoms with E-state index >= 15 is 0 Å². The predicted molar refractivity (Wildman–Crippen MR) is 62.7 cm³/mol. The van der Waals surface area contributed by atoms with Crippen molar-refractivity contribution < 1.29 is 8.42 Å². The molecule has 0 N–H and O–H groups in total. The van der Waals surface area contributed by atoms with Gasteiger partial charge in [-0.05, 0) is 25.5 Å². The number of nitrogens with zero attached hydrogens (tertiary/aromatic N) is 1. The van der Waals surface area contributed by atoms with Gasteiger partial charge in [0.25, 0.3) is 0 Å². The molecule has 0 fully saturated rings. The van der Waals surface area contributed by atoms with Gasteiger partial charge in [0, 0.05) is 0 Å². The summed E-state index contributed by atoms with van der Waals surface area (Å²) in [4.78, 5) is 0.306. The third kappa shape index (κ3) is 2.61. The molecule has 0 aliphatic carbocycles. The normalized spacial score (nSPS) is 13.1. The molecule has 0 unspecified atom stereocenters. The molecule has 0 amide bonds. The van der Waals surface area contributed by atoms with E-state index in [9.17, 15) is 8.42 Å². The van der Waals surface area contributed by atoms with Gasteiger partial charge in [0.1, 0.15) is 0 Å². The van der Waals surface area contributed by atoms with E-state index in [0.717, 1.165) is 5.56 Å². The third-order valence-corrected chi connectivity index (χ3v) is 4.87. The minimum Gasteiger partial charge on any atom is -0.223 e. The van der Waals surface area contributed by atoms with Gasteiger partial charge in [0.05, 0.1) is 22.6 Å². The average Bonchev–Trinajstić information content (AvgIpc) is 2.26. The van der Waals surface area contributed by atoms with Crippen LogP contribution in [-0.2, 0) is 9.84 Å². The van der Waals surface area contributed by atoms with Crippen molar-refractivity contribution in [3.8, 4) is 6.07 Å². The average molecular weight is 237 g/mol. The van der Waals surface area contributed by atoms with Crippen LogP contribution in [0.2, 0.25) is 0 Å². The quantitative estimate of drug-likeness (QED) is 0.808. The zero-order valence-corrected chi connectivity index (χ0v) is 10.3. The van der Waals surface area contributed by atoms with Crippen LogP contribution in [0.1, 0.15) is 25.3 Å². The highest BCUT2D eigenvalue weighted by Crippen LogP contribution is 2.20. The van der Waals surface area contributed by atoms with Gasteiger partial charge in [-0.1, -0.05) is 24.6 Å². The monoisotopic (exact) mass is 237 g/mol. The van der Waals surface area contributed by atoms with Gasteiger partial charge in [-0.15, -0.1) is 0 Å². The van der Waals surface area contributed by atoms with Crippen molar-refractivity contribution in [1.29, 1.82) is 5.26 Å². The van der Waals surface area contributed by atoms with Crippen LogP contribution in [0.25, 0.3) is 0 Å². The number of hydrogen-bond acceptors (Lipinski definition) is 3. The first-order chi connectivity index (χ1) is 7.52. The number of sulfone groups is 1. The van der Waals surface area contributed by atoms with Crippen LogP contribution in [0.4, 0.5) is 0 Å². The molecule has 0 spiro atoms. The Morgan fingerprint density at radius 3 is 2.31 bits per heavy atom. The summed E-state index contributed by atoms with van der Waals surface area (Å²) in [6.45, 7) is 3.69. The molecule has 0 saturated heterocycles. The molecule has 0 saturated carbocycles. The van der Waals surface area contributed by atoms with E-state index in [0.29, 0.717) is 11.3 Å². The summed E-state index contributed by atoms with van der Waals surface area (Å²) < 4.78 is 24.2. The lowest BCUT2D eigenvalue weighted by molar-refractivity contribution is 0.576. The number of aryl methyl sites for hydroxylation is 1. The van der Waals surface area contributed by atoms with E-state index in [1.54, 1.807) is 31.2 Å². The van der Waals surface area contributed by atoms with E-state index in [-0.39, 0.29) is 6.42 Å². The van der Waals surface area contributed by atoms with E-state index in [4.69, 9.17) is 5.26 Å². The Bertz CT molecular complexity index is 483. The molecule has 0 aromatic heterocycles. The smallest absolute Gasteiger partial charge is 0.182 e. The Morgan fingerprint density at radius 1 is 1.31 bits per heavy atom. The summed E-state index contributed by atoms with van der Waals surface area (Å²) in [5.74, 6) is 0. The van der Waals surface area contributed by atoms with Crippen LogP contribution >= 0.6 is 0 Å². The predicted octanol–water partition coefficient (Wildman–Crippen LogP) is 2.46. The van der Waals surface area contributed by atoms with Crippen molar-refractivity contribution in [2.75, 3.05) is 0 Å². The molecule has 0 radical (unpaired) electrons. The highest BCUT2D eigenvalue weighted by atomic mass is 32.2. The Kier molecular flexibility index (Phi) is 4.08. The van der Waals surface area contributed by atoms with E-state index in [1.807, 2.05) is 13.0 Å². The molecule has 1 aromatic carbocycles. The largest absolute Gasteiger partial charge is 0.223 e. The summed E-state index contributed by atoms with van der Waals surface area (Å²) in [5, 5.41) is 8.01. The van der Waals surface area contributed by atoms with Crippen LogP contribution in [0, 0.1) is 18.3 Å². The summed E-state index contributed by atoms with van der Waals surface area (Å²) in [6, 6.07) is 8.67. The lowest BCUT2D eigenvalue weighted by Gasteiger charge is -2.12. The van der Waals surface area contributed by atoms with Crippen molar-refractivity contribution in [3.05, 3.63) is 29.8 Å². The maximum atomic E-state index is 12.1. The first-order valence-electron chi connectivity index (χ1n) is 5.20. The summed E-state index contributed by atoms with van der Waals surface area (Å²) in [5.41, 5.74) is 1.02. The number of benzene rings is 1. The molecular weight excluding hydrogens is 222 g/mol. The van der Waals surface area contributed by atoms with Crippen LogP contribution in [0.5, 0.6) is 0 Å². The Labute approximate surface area is 96.6 Å². The fraction of sp³-hybridized carbons (Fsp3) is 0.417. The first kappa shape index (κ1) is 12.7. The Hall–Kier alpha value is -1.34. The van der Waals surface area contributed by atoms with E-state index in [1.165, 1.54) is 0 Å².